The molecule has 3 N–H and O–H groups in total. The maximum Gasteiger partial charge on any atom is 0.338 e. The van der Waals surface area contributed by atoms with Gasteiger partial charge in [0, 0.05) is 5.41 Å². The van der Waals surface area contributed by atoms with Crippen LogP contribution in [0.5, 0.6) is 11.5 Å². The van der Waals surface area contributed by atoms with Crippen LogP contribution in [0.1, 0.15) is 203 Å². The highest BCUT2D eigenvalue weighted by atomic mass is 16.7. The van der Waals surface area contributed by atoms with Crippen LogP contribution in [0.4, 0.5) is 0 Å². The molecule has 14 heteroatoms. The molecule has 1 saturated heterocycles. The van der Waals surface area contributed by atoms with Crippen molar-refractivity contribution < 1.29 is 67.6 Å². The molecule has 1 heterocycles. The Kier molecular flexibility index (Phi) is 24.4. The summed E-state index contributed by atoms with van der Waals surface area (Å²) in [7, 11) is 3.14. The maximum atomic E-state index is 14.4. The van der Waals surface area contributed by atoms with Crippen LogP contribution in [0.25, 0.3) is 0 Å². The third-order valence-corrected chi connectivity index (χ3v) is 19.2. The second kappa shape index (κ2) is 30.8. The van der Waals surface area contributed by atoms with Crippen molar-refractivity contribution in [3.05, 3.63) is 83.5 Å². The van der Waals surface area contributed by atoms with E-state index in [0.717, 1.165) is 89.9 Å². The summed E-state index contributed by atoms with van der Waals surface area (Å²) in [6, 6.07) is 13.4. The zero-order valence-electron chi connectivity index (χ0n) is 49.3. The summed E-state index contributed by atoms with van der Waals surface area (Å²) in [6.45, 7) is 9.12. The van der Waals surface area contributed by atoms with E-state index >= 15 is 0 Å². The van der Waals surface area contributed by atoms with Gasteiger partial charge in [0.2, 0.25) is 0 Å². The van der Waals surface area contributed by atoms with Crippen molar-refractivity contribution in [1.82, 2.24) is 0 Å². The number of esters is 3. The van der Waals surface area contributed by atoms with E-state index in [9.17, 15) is 29.7 Å². The van der Waals surface area contributed by atoms with E-state index in [2.05, 4.69) is 32.9 Å². The standard InChI is InChI=1S/C66H98O14/c1-7-8-9-10-11-12-14-18-21-24-41-76-60(69)46(2)66(72)57(44-55-53-35-30-49-43-50(67)36-38-64(49,3)54(53)37-39-65(55,66)4)79-63-59(80-62(71)48-28-33-52(74-6)34-29-48)58(56(68)45-78-63)75-40-23-20-17-15-13-16-19-22-25-42-77-61(70)47-26-31-51(73-5)32-27-47/h20,23,26-34,46,50,53-59,63,67-68,72H,7-19,21-22,24-25,35-45H2,1-6H3/b23-20-/t46-,50+,53-,54+,55+,56+,57+,58+,59-,63+,64+,65+,66-/m1/s1. The molecular formula is C66H98O14. The number of methoxy groups -OCH3 is 2. The highest BCUT2D eigenvalue weighted by Crippen LogP contribution is 2.69. The fraction of sp³-hybridized carbons (Fsp3) is 0.712. The SMILES string of the molecule is CCCCCCCCCCCCOC(=O)[C@@H](C)[C@@]1(O)[C@@H](O[C@@H]2OC[C@H](O)[C@H](OC/C=C\CCCCCCCCOC(=O)c3ccc(OC)cc3)[C@H]2OC(=O)c2ccc(OC)cc2)C[C@H]2[C@@H]3CC=C4C[C@@H](O)CC[C@]4(C)[C@H]3CC[C@@]21C. The number of carbonyl (C=O) groups is 3. The Morgan fingerprint density at radius 3 is 1.93 bits per heavy atom. The summed E-state index contributed by atoms with van der Waals surface area (Å²) in [5, 5.41) is 36.0. The first-order valence-corrected chi connectivity index (χ1v) is 30.8. The molecular weight excluding hydrogens is 1020 g/mol. The number of rotatable bonds is 32. The monoisotopic (exact) mass is 1110 g/mol. The molecule has 80 heavy (non-hydrogen) atoms. The largest absolute Gasteiger partial charge is 0.497 e. The third-order valence-electron chi connectivity index (χ3n) is 19.2. The van der Waals surface area contributed by atoms with Crippen molar-refractivity contribution in [3.8, 4) is 11.5 Å². The van der Waals surface area contributed by atoms with Gasteiger partial charge in [-0.05, 0) is 149 Å². The van der Waals surface area contributed by atoms with Gasteiger partial charge in [0.25, 0.3) is 0 Å². The normalized spacial score (nSPS) is 30.4. The molecule has 2 aromatic rings. The molecule has 1 aliphatic heterocycles. The van der Waals surface area contributed by atoms with Gasteiger partial charge in [0.05, 0.1) is 69.9 Å². The highest BCUT2D eigenvalue weighted by Gasteiger charge is 2.71. The zero-order chi connectivity index (χ0) is 57.1. The average Bonchev–Trinajstić information content (AvgIpc) is 3.97. The minimum absolute atomic E-state index is 0.0375. The number of aliphatic hydroxyl groups is 3. The van der Waals surface area contributed by atoms with E-state index in [0.29, 0.717) is 48.8 Å². The van der Waals surface area contributed by atoms with Gasteiger partial charge in [-0.25, -0.2) is 9.59 Å². The van der Waals surface area contributed by atoms with Gasteiger partial charge in [-0.15, -0.1) is 0 Å². The summed E-state index contributed by atoms with van der Waals surface area (Å²) in [5.74, 6) is -0.676. The quantitative estimate of drug-likeness (QED) is 0.0272. The van der Waals surface area contributed by atoms with Crippen LogP contribution in [0.2, 0.25) is 0 Å². The predicted octanol–water partition coefficient (Wildman–Crippen LogP) is 12.6. The maximum absolute atomic E-state index is 14.4. The molecule has 446 valence electrons. The fourth-order valence-corrected chi connectivity index (χ4v) is 14.4. The van der Waals surface area contributed by atoms with Crippen LogP contribution < -0.4 is 9.47 Å². The molecule has 4 fully saturated rings. The summed E-state index contributed by atoms with van der Waals surface area (Å²) in [4.78, 5) is 40.9. The highest BCUT2D eigenvalue weighted by molar-refractivity contribution is 5.90. The fourth-order valence-electron chi connectivity index (χ4n) is 14.4. The number of hydrogen-bond acceptors (Lipinski definition) is 14. The number of fused-ring (bicyclic) bond motifs is 5. The van der Waals surface area contributed by atoms with Crippen LogP contribution in [-0.2, 0) is 33.2 Å². The predicted molar refractivity (Wildman–Crippen MR) is 307 cm³/mol. The van der Waals surface area contributed by atoms with E-state index < -0.39 is 59.6 Å². The van der Waals surface area contributed by atoms with Gasteiger partial charge in [-0.1, -0.05) is 128 Å². The van der Waals surface area contributed by atoms with Crippen LogP contribution in [0.3, 0.4) is 0 Å². The van der Waals surface area contributed by atoms with Gasteiger partial charge in [0.15, 0.2) is 12.4 Å². The number of aliphatic hydroxyl groups excluding tert-OH is 2. The lowest BCUT2D eigenvalue weighted by atomic mass is 9.46. The molecule has 2 aromatic carbocycles. The van der Waals surface area contributed by atoms with Crippen LogP contribution >= 0.6 is 0 Å². The Morgan fingerprint density at radius 1 is 0.713 bits per heavy atom. The molecule has 5 aliphatic rings. The molecule has 4 aliphatic carbocycles. The van der Waals surface area contributed by atoms with Crippen molar-refractivity contribution in [3.63, 3.8) is 0 Å². The van der Waals surface area contributed by atoms with Crippen LogP contribution in [-0.4, -0.2) is 116 Å². The topological polar surface area (TPSA) is 186 Å². The Labute approximate surface area is 478 Å². The number of benzene rings is 2. The molecule has 0 aromatic heterocycles. The third kappa shape index (κ3) is 15.7. The van der Waals surface area contributed by atoms with Crippen molar-refractivity contribution >= 4 is 17.9 Å². The number of carbonyl (C=O) groups excluding carboxylic acids is 3. The molecule has 7 rings (SSSR count). The molecule has 0 radical (unpaired) electrons. The van der Waals surface area contributed by atoms with E-state index in [4.69, 9.17) is 37.9 Å². The summed E-state index contributed by atoms with van der Waals surface area (Å²) >= 11 is 0. The van der Waals surface area contributed by atoms with Crippen molar-refractivity contribution in [2.45, 2.75) is 224 Å². The molecule has 0 spiro atoms. The van der Waals surface area contributed by atoms with E-state index in [1.165, 1.54) is 50.5 Å². The first-order chi connectivity index (χ1) is 38.7. The van der Waals surface area contributed by atoms with Crippen LogP contribution in [0, 0.1) is 34.5 Å². The van der Waals surface area contributed by atoms with Gasteiger partial charge >= 0.3 is 17.9 Å². The lowest BCUT2D eigenvalue weighted by Crippen LogP contribution is -2.63. The van der Waals surface area contributed by atoms with E-state index in [1.54, 1.807) is 69.7 Å². The summed E-state index contributed by atoms with van der Waals surface area (Å²) in [5.41, 5.74) is -0.431. The van der Waals surface area contributed by atoms with E-state index in [1.807, 2.05) is 6.08 Å². The van der Waals surface area contributed by atoms with Gasteiger partial charge in [-0.2, -0.15) is 0 Å². The Hall–Kier alpha value is -4.31. The smallest absolute Gasteiger partial charge is 0.338 e. The molecule has 0 bridgehead atoms. The lowest BCUT2D eigenvalue weighted by molar-refractivity contribution is -0.307. The zero-order valence-corrected chi connectivity index (χ0v) is 49.3. The van der Waals surface area contributed by atoms with Crippen molar-refractivity contribution in [2.24, 2.45) is 34.5 Å². The number of hydrogen-bond donors (Lipinski definition) is 3. The Bertz CT molecular complexity index is 2280. The number of unbranched alkanes of at least 4 members (excludes halogenated alkanes) is 15. The second-order valence-corrected chi connectivity index (χ2v) is 24.3. The number of allylic oxidation sites excluding steroid dienone is 2. The Balaban J connectivity index is 1.00. The number of ether oxygens (including phenoxy) is 8. The van der Waals surface area contributed by atoms with Gasteiger partial charge in [0.1, 0.15) is 29.3 Å². The second-order valence-electron chi connectivity index (χ2n) is 24.3. The molecule has 0 amide bonds. The van der Waals surface area contributed by atoms with Crippen molar-refractivity contribution in [2.75, 3.05) is 40.6 Å². The van der Waals surface area contributed by atoms with E-state index in [-0.39, 0.29) is 54.7 Å². The minimum atomic E-state index is -1.71. The lowest BCUT2D eigenvalue weighted by Gasteiger charge is -2.59. The molecule has 14 nitrogen and oxygen atoms in total. The molecule has 13 atom stereocenters. The molecule has 3 saturated carbocycles. The van der Waals surface area contributed by atoms with Gasteiger partial charge in [-0.3, -0.25) is 4.79 Å². The van der Waals surface area contributed by atoms with Crippen molar-refractivity contribution in [1.29, 1.82) is 0 Å². The average molecular weight is 1120 g/mol. The Morgan fingerprint density at radius 2 is 1.30 bits per heavy atom. The first kappa shape index (κ1) is 63.3. The molecule has 0 unspecified atom stereocenters. The van der Waals surface area contributed by atoms with Gasteiger partial charge < -0.3 is 53.2 Å². The summed E-state index contributed by atoms with van der Waals surface area (Å²) < 4.78 is 48.1. The van der Waals surface area contributed by atoms with Crippen LogP contribution in [0.15, 0.2) is 72.3 Å². The first-order valence-electron chi connectivity index (χ1n) is 30.8. The summed E-state index contributed by atoms with van der Waals surface area (Å²) in [6.07, 6.45) is 23.8. The minimum Gasteiger partial charge on any atom is -0.497 e.